The third-order valence-corrected chi connectivity index (χ3v) is 11.9. The number of ether oxygens (including phenoxy) is 3. The van der Waals surface area contributed by atoms with Crippen LogP contribution in [0.4, 0.5) is 9.18 Å². The van der Waals surface area contributed by atoms with Crippen LogP contribution in [0.5, 0.6) is 0 Å². The van der Waals surface area contributed by atoms with Crippen molar-refractivity contribution in [3.63, 3.8) is 0 Å². The number of piperidine rings is 1. The van der Waals surface area contributed by atoms with Crippen LogP contribution in [0.25, 0.3) is 0 Å². The van der Waals surface area contributed by atoms with Gasteiger partial charge in [-0.25, -0.2) is 9.18 Å². The molecule has 5 aliphatic rings. The fraction of sp³-hybridized carbons (Fsp3) is 0.900. The Hall–Kier alpha value is -1.58. The van der Waals surface area contributed by atoms with Gasteiger partial charge in [-0.3, -0.25) is 14.9 Å². The lowest BCUT2D eigenvalue weighted by Gasteiger charge is -2.66. The summed E-state index contributed by atoms with van der Waals surface area (Å²) in [5, 5.41) is 2.54. The summed E-state index contributed by atoms with van der Waals surface area (Å²) in [6.45, 7) is 9.78. The van der Waals surface area contributed by atoms with E-state index < -0.39 is 29.9 Å². The lowest BCUT2D eigenvalue weighted by Crippen LogP contribution is -2.68. The molecule has 1 N–H and O–H groups in total. The summed E-state index contributed by atoms with van der Waals surface area (Å²) in [4.78, 5) is 42.9. The number of nitrogens with one attached hydrogen (secondary N) is 1. The van der Waals surface area contributed by atoms with E-state index in [1.54, 1.807) is 14.0 Å². The number of Topliss-reactive ketones (excluding diaryl/α,β-unsaturated/α-hetero) is 1. The second-order valence-corrected chi connectivity index (χ2v) is 13.5. The van der Waals surface area contributed by atoms with Crippen LogP contribution in [0.3, 0.4) is 0 Å². The number of carbonyl (C=O) groups excluding carboxylic acids is 3. The van der Waals surface area contributed by atoms with Crippen LogP contribution >= 0.6 is 0 Å². The Bertz CT molecular complexity index is 979. The first-order valence-electron chi connectivity index (χ1n) is 15.0. The number of carbonyl (C=O) groups is 3. The molecule has 0 radical (unpaired) electrons. The third kappa shape index (κ3) is 4.64. The van der Waals surface area contributed by atoms with Gasteiger partial charge in [0.25, 0.3) is 0 Å². The van der Waals surface area contributed by atoms with E-state index in [0.29, 0.717) is 6.54 Å². The lowest BCUT2D eigenvalue weighted by molar-refractivity contribution is -0.233. The molecular weight excluding hydrogens is 503 g/mol. The maximum absolute atomic E-state index is 14.2. The molecule has 0 aromatic carbocycles. The maximum atomic E-state index is 14.2. The van der Waals surface area contributed by atoms with E-state index in [1.807, 2.05) is 6.92 Å². The number of hydrogen-bond acceptors (Lipinski definition) is 7. The van der Waals surface area contributed by atoms with E-state index in [4.69, 9.17) is 14.2 Å². The van der Waals surface area contributed by atoms with Crippen molar-refractivity contribution in [2.75, 3.05) is 40.0 Å². The average molecular weight is 551 g/mol. The van der Waals surface area contributed by atoms with Gasteiger partial charge in [-0.1, -0.05) is 27.2 Å². The van der Waals surface area contributed by atoms with Gasteiger partial charge in [0.15, 0.2) is 5.78 Å². The molecule has 3 saturated carbocycles. The van der Waals surface area contributed by atoms with Crippen molar-refractivity contribution >= 4 is 17.8 Å². The fourth-order valence-electron chi connectivity index (χ4n) is 9.59. The van der Waals surface area contributed by atoms with Crippen molar-refractivity contribution in [1.82, 2.24) is 10.2 Å². The van der Waals surface area contributed by atoms with E-state index in [-0.39, 0.29) is 65.8 Å². The first-order chi connectivity index (χ1) is 18.5. The molecule has 2 aliphatic heterocycles. The molecule has 2 amide bonds. The number of ketones is 1. The van der Waals surface area contributed by atoms with Gasteiger partial charge in [0, 0.05) is 43.9 Å². The van der Waals surface area contributed by atoms with Crippen molar-refractivity contribution in [2.45, 2.75) is 90.4 Å². The number of methoxy groups -OCH3 is 1. The van der Waals surface area contributed by atoms with Gasteiger partial charge < -0.3 is 19.1 Å². The summed E-state index contributed by atoms with van der Waals surface area (Å²) < 4.78 is 31.6. The van der Waals surface area contributed by atoms with Crippen LogP contribution < -0.4 is 5.32 Å². The smallest absolute Gasteiger partial charge is 0.414 e. The van der Waals surface area contributed by atoms with Gasteiger partial charge in [0.1, 0.15) is 18.4 Å². The second-order valence-electron chi connectivity index (χ2n) is 13.5. The van der Waals surface area contributed by atoms with Crippen LogP contribution in [0.2, 0.25) is 0 Å². The number of fused-ring (bicyclic) bond motifs is 2. The molecule has 9 heteroatoms. The minimum Gasteiger partial charge on any atom is -0.445 e. The highest BCUT2D eigenvalue weighted by Crippen LogP contribution is 2.67. The SMILES string of the molecule is CO[C@@H]1CCCC23CC[C@@H](C)[C@](C)(C12)[C@H](OC(=O)NC(=O)[C@H]1CN2CCC1C2)C[C@@](C)(OCCF)C(=O)[C@@H]3C. The summed E-state index contributed by atoms with van der Waals surface area (Å²) in [5.41, 5.74) is -2.18. The lowest BCUT2D eigenvalue weighted by atomic mass is 9.40. The molecular formula is C30H47FN2O6. The number of alkyl halides is 1. The van der Waals surface area contributed by atoms with Crippen LogP contribution in [0, 0.1) is 40.4 Å². The van der Waals surface area contributed by atoms with Crippen molar-refractivity contribution in [2.24, 2.45) is 40.4 Å². The highest BCUT2D eigenvalue weighted by Gasteiger charge is 2.67. The summed E-state index contributed by atoms with van der Waals surface area (Å²) in [6, 6.07) is 0. The molecule has 11 atom stereocenters. The molecule has 2 saturated heterocycles. The fourth-order valence-corrected chi connectivity index (χ4v) is 9.59. The second kappa shape index (κ2) is 10.7. The number of halogens is 1. The Balaban J connectivity index is 1.50. The third-order valence-electron chi connectivity index (χ3n) is 11.9. The molecule has 0 aromatic rings. The average Bonchev–Trinajstić information content (AvgIpc) is 3.56. The van der Waals surface area contributed by atoms with Gasteiger partial charge >= 0.3 is 6.09 Å². The van der Waals surface area contributed by atoms with Crippen molar-refractivity contribution in [3.8, 4) is 0 Å². The Kier molecular flexibility index (Phi) is 7.92. The highest BCUT2D eigenvalue weighted by atomic mass is 19.1. The number of imide groups is 1. The van der Waals surface area contributed by atoms with Gasteiger partial charge in [-0.2, -0.15) is 0 Å². The van der Waals surface area contributed by atoms with E-state index in [0.717, 1.165) is 51.6 Å². The standard InChI is InChI=1S/C30H47FN2O6/c1-18-8-11-30-10-6-7-22(37-5)24(30)29(18,4)23(15-28(3,38-14-12-31)25(34)19(30)2)39-27(36)32-26(35)21-17-33-13-9-20(21)16-33/h18-24H,6-17H2,1-5H3,(H,32,35,36)/t18-,19+,20?,21+,22-,23-,24?,28-,29+,30?/m1/s1. The summed E-state index contributed by atoms with van der Waals surface area (Å²) in [5.74, 6) is -0.429. The van der Waals surface area contributed by atoms with Crippen molar-refractivity contribution in [1.29, 1.82) is 0 Å². The Labute approximate surface area is 232 Å². The number of nitrogens with zero attached hydrogens (tertiary/aromatic N) is 1. The quantitative estimate of drug-likeness (QED) is 0.531. The zero-order valence-electron chi connectivity index (χ0n) is 24.3. The molecule has 5 fully saturated rings. The molecule has 0 spiro atoms. The van der Waals surface area contributed by atoms with Crippen LogP contribution in [-0.4, -0.2) is 80.5 Å². The summed E-state index contributed by atoms with van der Waals surface area (Å²) in [7, 11) is 1.74. The number of amides is 2. The topological polar surface area (TPSA) is 94.2 Å². The normalized spacial score (nSPS) is 47.2. The van der Waals surface area contributed by atoms with Crippen LogP contribution in [0.15, 0.2) is 0 Å². The van der Waals surface area contributed by atoms with E-state index in [1.165, 1.54) is 0 Å². The molecule has 0 aromatic heterocycles. The Morgan fingerprint density at radius 3 is 2.54 bits per heavy atom. The maximum Gasteiger partial charge on any atom is 0.414 e. The summed E-state index contributed by atoms with van der Waals surface area (Å²) in [6.07, 6.45) is 4.05. The van der Waals surface area contributed by atoms with Gasteiger partial charge in [-0.05, 0) is 62.8 Å². The first-order valence-corrected chi connectivity index (χ1v) is 15.0. The summed E-state index contributed by atoms with van der Waals surface area (Å²) >= 11 is 0. The minimum absolute atomic E-state index is 0.0101. The molecule has 220 valence electrons. The predicted octanol–water partition coefficient (Wildman–Crippen LogP) is 4.15. The predicted molar refractivity (Wildman–Crippen MR) is 143 cm³/mol. The monoisotopic (exact) mass is 550 g/mol. The van der Waals surface area contributed by atoms with Crippen LogP contribution in [0.1, 0.15) is 72.6 Å². The highest BCUT2D eigenvalue weighted by molar-refractivity contribution is 5.94. The molecule has 4 unspecified atom stereocenters. The molecule has 5 rings (SSSR count). The zero-order chi connectivity index (χ0) is 28.2. The largest absolute Gasteiger partial charge is 0.445 e. The number of hydrogen-bond donors (Lipinski definition) is 1. The minimum atomic E-state index is -1.31. The van der Waals surface area contributed by atoms with E-state index >= 15 is 0 Å². The van der Waals surface area contributed by atoms with Gasteiger partial charge in [0.05, 0.1) is 18.6 Å². The van der Waals surface area contributed by atoms with Gasteiger partial charge in [-0.15, -0.1) is 0 Å². The van der Waals surface area contributed by atoms with Crippen molar-refractivity contribution in [3.05, 3.63) is 0 Å². The zero-order valence-corrected chi connectivity index (χ0v) is 24.3. The molecule has 8 nitrogen and oxygen atoms in total. The van der Waals surface area contributed by atoms with E-state index in [2.05, 4.69) is 24.1 Å². The van der Waals surface area contributed by atoms with Crippen molar-refractivity contribution < 1.29 is 33.0 Å². The van der Waals surface area contributed by atoms with Gasteiger partial charge in [0.2, 0.25) is 5.91 Å². The molecule has 4 bridgehead atoms. The van der Waals surface area contributed by atoms with E-state index in [9.17, 15) is 18.8 Å². The number of rotatable bonds is 6. The molecule has 3 aliphatic carbocycles. The molecule has 2 heterocycles. The Morgan fingerprint density at radius 2 is 1.90 bits per heavy atom. The first kappa shape index (κ1) is 28.9. The number of alkyl carbamates (subject to hydrolysis) is 1. The van der Waals surface area contributed by atoms with Crippen LogP contribution in [-0.2, 0) is 23.8 Å². The Morgan fingerprint density at radius 1 is 1.13 bits per heavy atom. The molecule has 39 heavy (non-hydrogen) atoms.